The highest BCUT2D eigenvalue weighted by molar-refractivity contribution is 5.97. The Balaban J connectivity index is 2.69. The molecular formula is C14H22NO+. The van der Waals surface area contributed by atoms with E-state index in [1.807, 2.05) is 31.2 Å². The lowest BCUT2D eigenvalue weighted by Crippen LogP contribution is -2.44. The van der Waals surface area contributed by atoms with Gasteiger partial charge in [-0.25, -0.2) is 0 Å². The first-order chi connectivity index (χ1) is 7.44. The Morgan fingerprint density at radius 3 is 2.25 bits per heavy atom. The highest BCUT2D eigenvalue weighted by atomic mass is 16.1. The lowest BCUT2D eigenvalue weighted by Gasteiger charge is -2.28. The van der Waals surface area contributed by atoms with E-state index in [9.17, 15) is 4.79 Å². The van der Waals surface area contributed by atoms with Gasteiger partial charge in [-0.2, -0.15) is 0 Å². The van der Waals surface area contributed by atoms with Gasteiger partial charge < -0.3 is 4.48 Å². The second-order valence-electron chi connectivity index (χ2n) is 5.11. The summed E-state index contributed by atoms with van der Waals surface area (Å²) in [6.07, 6.45) is 1.11. The van der Waals surface area contributed by atoms with Crippen LogP contribution < -0.4 is 0 Å². The molecule has 0 atom stereocenters. The number of carbonyl (C=O) groups excluding carboxylic acids is 1. The van der Waals surface area contributed by atoms with Gasteiger partial charge in [0.05, 0.1) is 20.6 Å². The van der Waals surface area contributed by atoms with Crippen molar-refractivity contribution in [2.75, 3.05) is 27.2 Å². The molecule has 0 bridgehead atoms. The van der Waals surface area contributed by atoms with Crippen LogP contribution in [0.2, 0.25) is 0 Å². The van der Waals surface area contributed by atoms with Gasteiger partial charge in [-0.05, 0) is 13.3 Å². The highest BCUT2D eigenvalue weighted by Gasteiger charge is 2.19. The Hall–Kier alpha value is -1.15. The minimum atomic E-state index is 0.235. The van der Waals surface area contributed by atoms with Crippen molar-refractivity contribution in [2.45, 2.75) is 20.3 Å². The molecule has 0 aliphatic rings. The van der Waals surface area contributed by atoms with Crippen molar-refractivity contribution < 1.29 is 9.28 Å². The van der Waals surface area contributed by atoms with Crippen LogP contribution >= 0.6 is 0 Å². The molecule has 0 aromatic heterocycles. The normalized spacial score (nSPS) is 11.5. The molecule has 0 fully saturated rings. The summed E-state index contributed by atoms with van der Waals surface area (Å²) in [4.78, 5) is 12.0. The molecule has 0 spiro atoms. The van der Waals surface area contributed by atoms with Gasteiger partial charge in [0.25, 0.3) is 0 Å². The summed E-state index contributed by atoms with van der Waals surface area (Å²) in [7, 11) is 4.21. The fraction of sp³-hybridized carbons (Fsp3) is 0.500. The van der Waals surface area contributed by atoms with Gasteiger partial charge in [-0.3, -0.25) is 4.79 Å². The van der Waals surface area contributed by atoms with E-state index in [1.165, 1.54) is 5.56 Å². The monoisotopic (exact) mass is 220 g/mol. The second kappa shape index (κ2) is 5.26. The number of nitrogens with zero attached hydrogens (tertiary/aromatic N) is 1. The van der Waals surface area contributed by atoms with Crippen molar-refractivity contribution in [1.82, 2.24) is 0 Å². The van der Waals surface area contributed by atoms with E-state index in [2.05, 4.69) is 21.0 Å². The van der Waals surface area contributed by atoms with Crippen LogP contribution in [0, 0.1) is 6.92 Å². The van der Waals surface area contributed by atoms with Crippen LogP contribution in [0.5, 0.6) is 0 Å². The second-order valence-corrected chi connectivity index (χ2v) is 5.11. The molecule has 0 aliphatic carbocycles. The average Bonchev–Trinajstić information content (AvgIpc) is 2.17. The number of benzene rings is 1. The molecule has 0 aliphatic heterocycles. The third kappa shape index (κ3) is 3.78. The van der Waals surface area contributed by atoms with Crippen LogP contribution in [-0.4, -0.2) is 37.5 Å². The topological polar surface area (TPSA) is 17.1 Å². The minimum Gasteiger partial charge on any atom is -0.322 e. The maximum Gasteiger partial charge on any atom is 0.216 e. The summed E-state index contributed by atoms with van der Waals surface area (Å²) in [5.41, 5.74) is 2.02. The Morgan fingerprint density at radius 2 is 1.75 bits per heavy atom. The number of hydrogen-bond acceptors (Lipinski definition) is 1. The van der Waals surface area contributed by atoms with Gasteiger partial charge in [0, 0.05) is 5.56 Å². The fourth-order valence-corrected chi connectivity index (χ4v) is 1.90. The van der Waals surface area contributed by atoms with Crippen molar-refractivity contribution in [1.29, 1.82) is 0 Å². The summed E-state index contributed by atoms with van der Waals surface area (Å²) in [6, 6.07) is 7.83. The summed E-state index contributed by atoms with van der Waals surface area (Å²) >= 11 is 0. The molecule has 16 heavy (non-hydrogen) atoms. The predicted molar refractivity (Wildman–Crippen MR) is 67.6 cm³/mol. The Morgan fingerprint density at radius 1 is 1.19 bits per heavy atom. The van der Waals surface area contributed by atoms with Crippen molar-refractivity contribution in [2.24, 2.45) is 0 Å². The van der Waals surface area contributed by atoms with Crippen LogP contribution in [0.25, 0.3) is 0 Å². The quantitative estimate of drug-likeness (QED) is 0.551. The van der Waals surface area contributed by atoms with E-state index in [1.54, 1.807) is 0 Å². The van der Waals surface area contributed by atoms with Crippen LogP contribution in [0.15, 0.2) is 24.3 Å². The van der Waals surface area contributed by atoms with E-state index in [-0.39, 0.29) is 5.78 Å². The molecule has 2 heteroatoms. The molecule has 2 nitrogen and oxygen atoms in total. The van der Waals surface area contributed by atoms with E-state index in [0.29, 0.717) is 6.54 Å². The predicted octanol–water partition coefficient (Wildman–Crippen LogP) is 2.66. The summed E-state index contributed by atoms with van der Waals surface area (Å²) < 4.78 is 0.767. The SMILES string of the molecule is CCC[N+](C)(C)CC(=O)c1ccc(C)cc1. The molecule has 0 saturated heterocycles. The lowest BCUT2D eigenvalue weighted by atomic mass is 10.1. The Bertz CT molecular complexity index is 352. The maximum atomic E-state index is 12.0. The number of ketones is 1. The smallest absolute Gasteiger partial charge is 0.216 e. The first-order valence-electron chi connectivity index (χ1n) is 5.86. The van der Waals surface area contributed by atoms with Gasteiger partial charge in [0.15, 0.2) is 0 Å². The number of rotatable bonds is 5. The summed E-state index contributed by atoms with van der Waals surface area (Å²) in [6.45, 7) is 5.80. The average molecular weight is 220 g/mol. The molecule has 0 saturated carbocycles. The Kier molecular flexibility index (Phi) is 4.25. The summed E-state index contributed by atoms with van der Waals surface area (Å²) in [5, 5.41) is 0. The lowest BCUT2D eigenvalue weighted by molar-refractivity contribution is -0.881. The Labute approximate surface area is 98.5 Å². The molecule has 1 aromatic carbocycles. The van der Waals surface area contributed by atoms with Crippen molar-refractivity contribution in [3.05, 3.63) is 35.4 Å². The van der Waals surface area contributed by atoms with Gasteiger partial charge in [-0.15, -0.1) is 0 Å². The molecule has 0 amide bonds. The molecule has 0 unspecified atom stereocenters. The molecule has 1 aromatic rings. The summed E-state index contributed by atoms with van der Waals surface area (Å²) in [5.74, 6) is 0.235. The zero-order valence-corrected chi connectivity index (χ0v) is 10.8. The first kappa shape index (κ1) is 12.9. The largest absolute Gasteiger partial charge is 0.322 e. The van der Waals surface area contributed by atoms with Crippen molar-refractivity contribution >= 4 is 5.78 Å². The highest BCUT2D eigenvalue weighted by Crippen LogP contribution is 2.07. The zero-order chi connectivity index (χ0) is 12.2. The standard InChI is InChI=1S/C14H22NO/c1-5-10-15(3,4)11-14(16)13-8-6-12(2)7-9-13/h6-9H,5,10-11H2,1-4H3/q+1. The molecule has 0 N–H and O–H groups in total. The third-order valence-electron chi connectivity index (χ3n) is 2.77. The van der Waals surface area contributed by atoms with E-state index in [0.717, 1.165) is 23.0 Å². The van der Waals surface area contributed by atoms with E-state index < -0.39 is 0 Å². The number of Topliss-reactive ketones (excluding diaryl/α,β-unsaturated/α-hetero) is 1. The molecule has 1 rings (SSSR count). The molecule has 0 radical (unpaired) electrons. The van der Waals surface area contributed by atoms with Crippen LogP contribution in [0.1, 0.15) is 29.3 Å². The first-order valence-corrected chi connectivity index (χ1v) is 5.86. The number of hydrogen-bond donors (Lipinski definition) is 0. The number of aryl methyl sites for hydroxylation is 1. The van der Waals surface area contributed by atoms with Crippen LogP contribution in [0.4, 0.5) is 0 Å². The van der Waals surface area contributed by atoms with Crippen molar-refractivity contribution in [3.8, 4) is 0 Å². The fourth-order valence-electron chi connectivity index (χ4n) is 1.90. The number of carbonyl (C=O) groups is 1. The van der Waals surface area contributed by atoms with Crippen LogP contribution in [-0.2, 0) is 0 Å². The van der Waals surface area contributed by atoms with Gasteiger partial charge in [-0.1, -0.05) is 36.8 Å². The third-order valence-corrected chi connectivity index (χ3v) is 2.77. The van der Waals surface area contributed by atoms with E-state index >= 15 is 0 Å². The number of quaternary nitrogens is 1. The van der Waals surface area contributed by atoms with Gasteiger partial charge >= 0.3 is 0 Å². The molecule has 88 valence electrons. The van der Waals surface area contributed by atoms with Gasteiger partial charge in [0.2, 0.25) is 5.78 Å². The van der Waals surface area contributed by atoms with Gasteiger partial charge in [0.1, 0.15) is 6.54 Å². The maximum absolute atomic E-state index is 12.0. The zero-order valence-electron chi connectivity index (χ0n) is 10.8. The molecule has 0 heterocycles. The minimum absolute atomic E-state index is 0.235. The number of likely N-dealkylation sites (N-methyl/N-ethyl adjacent to an activating group) is 1. The van der Waals surface area contributed by atoms with Crippen molar-refractivity contribution in [3.63, 3.8) is 0 Å². The van der Waals surface area contributed by atoms with Crippen LogP contribution in [0.3, 0.4) is 0 Å². The molecular weight excluding hydrogens is 198 g/mol. The van der Waals surface area contributed by atoms with E-state index in [4.69, 9.17) is 0 Å².